The van der Waals surface area contributed by atoms with E-state index < -0.39 is 0 Å². The van der Waals surface area contributed by atoms with Crippen LogP contribution in [0.15, 0.2) is 33.8 Å². The van der Waals surface area contributed by atoms with Crippen molar-refractivity contribution in [2.24, 2.45) is 4.99 Å². The Morgan fingerprint density at radius 1 is 1.27 bits per heavy atom. The number of hydrogen-bond donors (Lipinski definition) is 2. The van der Waals surface area contributed by atoms with E-state index in [1.54, 1.807) is 0 Å². The summed E-state index contributed by atoms with van der Waals surface area (Å²) >= 11 is 0. The van der Waals surface area contributed by atoms with Crippen LogP contribution in [0.3, 0.4) is 0 Å². The Morgan fingerprint density at radius 2 is 2.00 bits per heavy atom. The van der Waals surface area contributed by atoms with E-state index in [1.807, 2.05) is 20.9 Å². The van der Waals surface area contributed by atoms with Crippen LogP contribution in [0.25, 0.3) is 0 Å². The summed E-state index contributed by atoms with van der Waals surface area (Å²) in [6, 6.07) is 8.59. The lowest BCUT2D eigenvalue weighted by Gasteiger charge is -2.40. The Hall–Kier alpha value is -1.77. The van der Waals surface area contributed by atoms with Gasteiger partial charge in [0.1, 0.15) is 17.1 Å². The number of benzene rings is 1. The number of aromatic nitrogens is 1. The highest BCUT2D eigenvalue weighted by atomic mass is 127. The van der Waals surface area contributed by atoms with Crippen LogP contribution in [0.1, 0.15) is 73.6 Å². The fraction of sp³-hybridized carbons (Fsp3) is 0.565. The van der Waals surface area contributed by atoms with Crippen molar-refractivity contribution < 1.29 is 9.26 Å². The Kier molecular flexibility index (Phi) is 7.31. The van der Waals surface area contributed by atoms with Crippen LogP contribution in [0, 0.1) is 13.8 Å². The van der Waals surface area contributed by atoms with E-state index in [0.717, 1.165) is 49.0 Å². The average Bonchev–Trinajstić information content (AvgIpc) is 3.30. The topological polar surface area (TPSA) is 71.7 Å². The van der Waals surface area contributed by atoms with Crippen molar-refractivity contribution in [1.82, 2.24) is 15.8 Å². The Bertz CT molecular complexity index is 870. The van der Waals surface area contributed by atoms with Gasteiger partial charge >= 0.3 is 0 Å². The lowest BCUT2D eigenvalue weighted by atomic mass is 9.86. The molecule has 6 nitrogen and oxygen atoms in total. The molecule has 7 heteroatoms. The van der Waals surface area contributed by atoms with Gasteiger partial charge in [-0.2, -0.15) is 0 Å². The molecule has 4 rings (SSSR count). The molecule has 1 aliphatic heterocycles. The smallest absolute Gasteiger partial charge is 0.191 e. The molecule has 2 heterocycles. The van der Waals surface area contributed by atoms with Crippen molar-refractivity contribution in [3.63, 3.8) is 0 Å². The van der Waals surface area contributed by atoms with Crippen LogP contribution >= 0.6 is 24.0 Å². The predicted octanol–water partition coefficient (Wildman–Crippen LogP) is 5.01. The molecule has 0 amide bonds. The van der Waals surface area contributed by atoms with Gasteiger partial charge in [-0.05, 0) is 45.6 Å². The molecule has 1 aliphatic carbocycles. The average molecular weight is 524 g/mol. The maximum absolute atomic E-state index is 6.48. The molecule has 1 aromatic carbocycles. The quantitative estimate of drug-likeness (QED) is 0.334. The molecule has 0 bridgehead atoms. The van der Waals surface area contributed by atoms with Crippen LogP contribution in [0.5, 0.6) is 5.75 Å². The van der Waals surface area contributed by atoms with Crippen molar-refractivity contribution in [3.05, 3.63) is 46.8 Å². The van der Waals surface area contributed by atoms with Crippen molar-refractivity contribution in [2.75, 3.05) is 13.6 Å². The van der Waals surface area contributed by atoms with Crippen LogP contribution < -0.4 is 15.4 Å². The molecule has 1 saturated carbocycles. The van der Waals surface area contributed by atoms with Crippen LogP contribution in [0.4, 0.5) is 0 Å². The van der Waals surface area contributed by atoms with Crippen molar-refractivity contribution in [3.8, 4) is 5.75 Å². The summed E-state index contributed by atoms with van der Waals surface area (Å²) in [6.45, 7) is 6.91. The van der Waals surface area contributed by atoms with Gasteiger partial charge in [0, 0.05) is 37.1 Å². The highest BCUT2D eigenvalue weighted by molar-refractivity contribution is 14.0. The summed E-state index contributed by atoms with van der Waals surface area (Å²) in [6.07, 6.45) is 5.74. The molecule has 2 atom stereocenters. The maximum Gasteiger partial charge on any atom is 0.191 e. The van der Waals surface area contributed by atoms with E-state index in [4.69, 9.17) is 9.26 Å². The molecular formula is C23H33IN4O2. The van der Waals surface area contributed by atoms with E-state index in [-0.39, 0.29) is 41.5 Å². The van der Waals surface area contributed by atoms with Gasteiger partial charge in [-0.25, -0.2) is 0 Å². The third-order valence-electron chi connectivity index (χ3n) is 6.40. The van der Waals surface area contributed by atoms with Gasteiger partial charge in [0.2, 0.25) is 0 Å². The van der Waals surface area contributed by atoms with Gasteiger partial charge in [0.25, 0.3) is 0 Å². The molecule has 1 fully saturated rings. The lowest BCUT2D eigenvalue weighted by molar-refractivity contribution is 0.0396. The Morgan fingerprint density at radius 3 is 2.67 bits per heavy atom. The van der Waals surface area contributed by atoms with Gasteiger partial charge in [-0.3, -0.25) is 4.99 Å². The zero-order chi connectivity index (χ0) is 20.4. The fourth-order valence-electron chi connectivity index (χ4n) is 4.98. The molecule has 0 radical (unpaired) electrons. The van der Waals surface area contributed by atoms with Gasteiger partial charge in [-0.15, -0.1) is 24.0 Å². The first-order chi connectivity index (χ1) is 14.0. The number of halogens is 1. The third-order valence-corrected chi connectivity index (χ3v) is 6.40. The normalized spacial score (nSPS) is 20.8. The molecule has 0 saturated heterocycles. The second-order valence-corrected chi connectivity index (χ2v) is 8.52. The SMILES string of the molecule is CN=C(NCC(C)c1c(C)noc1C)NC1CC2(CCCC2)Oc2ccccc21.I. The van der Waals surface area contributed by atoms with E-state index >= 15 is 0 Å². The standard InChI is InChI=1S/C23H32N4O2.HI/c1-15(21-16(2)27-29-17(21)3)14-25-22(24-4)26-19-13-23(11-7-8-12-23)28-20-10-6-5-9-18(19)20;/h5-6,9-10,15,19H,7-8,11-14H2,1-4H3,(H2,24,25,26);1H. The summed E-state index contributed by atoms with van der Waals surface area (Å²) in [5.41, 5.74) is 3.32. The Labute approximate surface area is 196 Å². The summed E-state index contributed by atoms with van der Waals surface area (Å²) in [7, 11) is 1.83. The number of aryl methyl sites for hydroxylation is 2. The lowest BCUT2D eigenvalue weighted by Crippen LogP contribution is -2.47. The number of guanidine groups is 1. The van der Waals surface area contributed by atoms with Crippen LogP contribution in [-0.2, 0) is 0 Å². The number of nitrogens with zero attached hydrogens (tertiary/aromatic N) is 2. The predicted molar refractivity (Wildman–Crippen MR) is 130 cm³/mol. The monoisotopic (exact) mass is 524 g/mol. The second-order valence-electron chi connectivity index (χ2n) is 8.52. The van der Waals surface area contributed by atoms with Crippen molar-refractivity contribution in [1.29, 1.82) is 0 Å². The Balaban J connectivity index is 0.00000256. The number of para-hydroxylation sites is 1. The largest absolute Gasteiger partial charge is 0.487 e. The highest BCUT2D eigenvalue weighted by Crippen LogP contribution is 2.46. The highest BCUT2D eigenvalue weighted by Gasteiger charge is 2.43. The minimum atomic E-state index is -0.0329. The van der Waals surface area contributed by atoms with Gasteiger partial charge in [0.15, 0.2) is 5.96 Å². The van der Waals surface area contributed by atoms with Gasteiger partial charge in [-0.1, -0.05) is 30.3 Å². The number of hydrogen-bond acceptors (Lipinski definition) is 4. The summed E-state index contributed by atoms with van der Waals surface area (Å²) in [5, 5.41) is 11.2. The zero-order valence-corrected chi connectivity index (χ0v) is 20.7. The number of aliphatic imine (C=N–C) groups is 1. The summed E-state index contributed by atoms with van der Waals surface area (Å²) in [5.74, 6) is 3.00. The molecule has 2 unspecified atom stereocenters. The van der Waals surface area contributed by atoms with Crippen molar-refractivity contribution >= 4 is 29.9 Å². The molecule has 1 aromatic heterocycles. The van der Waals surface area contributed by atoms with E-state index in [1.165, 1.54) is 24.0 Å². The number of rotatable bonds is 4. The number of ether oxygens (including phenoxy) is 1. The molecule has 2 aromatic rings. The van der Waals surface area contributed by atoms with Gasteiger partial charge in [0.05, 0.1) is 11.7 Å². The summed E-state index contributed by atoms with van der Waals surface area (Å²) < 4.78 is 11.8. The van der Waals surface area contributed by atoms with E-state index in [2.05, 4.69) is 52.0 Å². The second kappa shape index (κ2) is 9.58. The van der Waals surface area contributed by atoms with E-state index in [9.17, 15) is 0 Å². The minimum Gasteiger partial charge on any atom is -0.487 e. The third kappa shape index (κ3) is 4.60. The molecule has 1 spiro atoms. The molecule has 164 valence electrons. The van der Waals surface area contributed by atoms with Gasteiger partial charge < -0.3 is 19.9 Å². The first kappa shape index (κ1) is 22.9. The maximum atomic E-state index is 6.48. The summed E-state index contributed by atoms with van der Waals surface area (Å²) in [4.78, 5) is 4.48. The zero-order valence-electron chi connectivity index (χ0n) is 18.3. The van der Waals surface area contributed by atoms with E-state index in [0.29, 0.717) is 0 Å². The first-order valence-electron chi connectivity index (χ1n) is 10.7. The molecular weight excluding hydrogens is 491 g/mol. The minimum absolute atomic E-state index is 0. The van der Waals surface area contributed by atoms with Crippen molar-refractivity contribution in [2.45, 2.75) is 70.4 Å². The number of nitrogens with one attached hydrogen (secondary N) is 2. The fourth-order valence-corrected chi connectivity index (χ4v) is 4.98. The first-order valence-corrected chi connectivity index (χ1v) is 10.7. The van der Waals surface area contributed by atoms with Crippen LogP contribution in [0.2, 0.25) is 0 Å². The molecule has 30 heavy (non-hydrogen) atoms. The number of fused-ring (bicyclic) bond motifs is 1. The molecule has 2 N–H and O–H groups in total. The molecule has 2 aliphatic rings. The van der Waals surface area contributed by atoms with Crippen LogP contribution in [-0.4, -0.2) is 30.3 Å².